The minimum Gasteiger partial charge on any atom is -0.457 e. The fraction of sp³-hybridized carbons (Fsp3) is 0.240. The number of nitrogen functional groups attached to an aromatic ring is 1. The number of para-hydroxylation sites is 1. The van der Waals surface area contributed by atoms with E-state index in [-0.39, 0.29) is 0 Å². The van der Waals surface area contributed by atoms with Crippen LogP contribution in [-0.2, 0) is 4.79 Å². The summed E-state index contributed by atoms with van der Waals surface area (Å²) in [7, 11) is 2.15. The number of anilines is 2. The van der Waals surface area contributed by atoms with Crippen molar-refractivity contribution in [3.63, 3.8) is 0 Å². The quantitative estimate of drug-likeness (QED) is 0.441. The van der Waals surface area contributed by atoms with Crippen LogP contribution in [0.25, 0.3) is 11.1 Å². The summed E-state index contributed by atoms with van der Waals surface area (Å²) in [5, 5.41) is 3.57. The number of aromatic nitrogens is 2. The van der Waals surface area contributed by atoms with Crippen molar-refractivity contribution in [1.82, 2.24) is 14.9 Å². The minimum atomic E-state index is 0.354. The maximum absolute atomic E-state index is 9.06. The maximum Gasteiger partial charge on any atom is 0.142 e. The van der Waals surface area contributed by atoms with E-state index in [1.165, 1.54) is 18.8 Å². The van der Waals surface area contributed by atoms with Crippen LogP contribution in [0.4, 0.5) is 11.6 Å². The van der Waals surface area contributed by atoms with Crippen molar-refractivity contribution in [3.8, 4) is 22.6 Å². The van der Waals surface area contributed by atoms with Crippen molar-refractivity contribution in [2.75, 3.05) is 31.2 Å². The highest BCUT2D eigenvalue weighted by molar-refractivity contribution is 5.83. The summed E-state index contributed by atoms with van der Waals surface area (Å²) in [6.45, 7) is 5.24. The van der Waals surface area contributed by atoms with Gasteiger partial charge in [-0.15, -0.1) is 0 Å². The zero-order valence-corrected chi connectivity index (χ0v) is 18.3. The van der Waals surface area contributed by atoms with Gasteiger partial charge in [0.15, 0.2) is 0 Å². The summed E-state index contributed by atoms with van der Waals surface area (Å²) in [4.78, 5) is 20.1. The standard InChI is InChI=1S/C22H25N5O.C3H4O/c1-27-13-5-6-17(14-27)26-22-20(21(23)24-15-25-22)16-9-11-19(12-10-16)28-18-7-3-2-4-8-18;1-2-3-4/h2-4,7-12,15,17H,5-6,13-14H2,1H3,(H3,23,24,25,26);2-3H,1H2. The molecule has 2 heterocycles. The molecule has 32 heavy (non-hydrogen) atoms. The Balaban J connectivity index is 0.000000668. The predicted molar refractivity (Wildman–Crippen MR) is 129 cm³/mol. The molecule has 1 aliphatic heterocycles. The molecule has 7 heteroatoms. The monoisotopic (exact) mass is 431 g/mol. The molecule has 0 amide bonds. The third-order valence-corrected chi connectivity index (χ3v) is 5.06. The number of allylic oxidation sites excluding steroid dienone is 1. The van der Waals surface area contributed by atoms with Crippen molar-refractivity contribution in [3.05, 3.63) is 73.6 Å². The van der Waals surface area contributed by atoms with Gasteiger partial charge in [0.25, 0.3) is 0 Å². The maximum atomic E-state index is 9.06. The van der Waals surface area contributed by atoms with Crippen molar-refractivity contribution in [2.24, 2.45) is 0 Å². The molecule has 0 radical (unpaired) electrons. The molecule has 2 aromatic carbocycles. The number of nitrogens with two attached hydrogens (primary N) is 1. The number of likely N-dealkylation sites (N-methyl/N-ethyl adjacent to an activating group) is 1. The Morgan fingerprint density at radius 1 is 1.12 bits per heavy atom. The zero-order valence-electron chi connectivity index (χ0n) is 18.3. The molecule has 1 saturated heterocycles. The summed E-state index contributed by atoms with van der Waals surface area (Å²) in [5.41, 5.74) is 8.01. The molecule has 0 saturated carbocycles. The van der Waals surface area contributed by atoms with E-state index in [0.29, 0.717) is 18.1 Å². The summed E-state index contributed by atoms with van der Waals surface area (Å²) in [5.74, 6) is 2.83. The van der Waals surface area contributed by atoms with Crippen LogP contribution in [0.2, 0.25) is 0 Å². The van der Waals surface area contributed by atoms with Gasteiger partial charge in [0, 0.05) is 12.6 Å². The molecular weight excluding hydrogens is 402 g/mol. The van der Waals surface area contributed by atoms with Gasteiger partial charge in [-0.05, 0) is 62.3 Å². The van der Waals surface area contributed by atoms with Gasteiger partial charge in [-0.1, -0.05) is 36.9 Å². The Labute approximate surface area is 189 Å². The van der Waals surface area contributed by atoms with Crippen LogP contribution in [0.1, 0.15) is 12.8 Å². The van der Waals surface area contributed by atoms with Crippen LogP contribution < -0.4 is 15.8 Å². The molecule has 1 atom stereocenters. The second-order valence-corrected chi connectivity index (χ2v) is 7.54. The van der Waals surface area contributed by atoms with Crippen molar-refractivity contribution >= 4 is 17.9 Å². The van der Waals surface area contributed by atoms with E-state index in [2.05, 4.69) is 33.8 Å². The first-order valence-electron chi connectivity index (χ1n) is 10.6. The lowest BCUT2D eigenvalue weighted by Gasteiger charge is -2.31. The van der Waals surface area contributed by atoms with E-state index < -0.39 is 0 Å². The van der Waals surface area contributed by atoms with Crippen LogP contribution in [0, 0.1) is 0 Å². The topological polar surface area (TPSA) is 93.4 Å². The summed E-state index contributed by atoms with van der Waals surface area (Å²) in [6.07, 6.45) is 5.65. The number of carbonyl (C=O) groups is 1. The first-order valence-corrected chi connectivity index (χ1v) is 10.6. The normalized spacial score (nSPS) is 15.7. The Morgan fingerprint density at radius 2 is 1.81 bits per heavy atom. The summed E-state index contributed by atoms with van der Waals surface area (Å²) in [6, 6.07) is 17.9. The number of hydrogen-bond donors (Lipinski definition) is 2. The largest absolute Gasteiger partial charge is 0.457 e. The van der Waals surface area contributed by atoms with E-state index in [9.17, 15) is 0 Å². The first kappa shape index (κ1) is 23.0. The Morgan fingerprint density at radius 3 is 2.47 bits per heavy atom. The number of rotatable bonds is 6. The van der Waals surface area contributed by atoms with Gasteiger partial charge in [0.1, 0.15) is 35.7 Å². The number of piperidine rings is 1. The number of aldehydes is 1. The number of nitrogens with one attached hydrogen (secondary N) is 1. The van der Waals surface area contributed by atoms with E-state index in [1.807, 2.05) is 54.6 Å². The van der Waals surface area contributed by atoms with Gasteiger partial charge in [-0.3, -0.25) is 4.79 Å². The van der Waals surface area contributed by atoms with Crippen LogP contribution in [0.3, 0.4) is 0 Å². The molecule has 1 fully saturated rings. The molecule has 1 unspecified atom stereocenters. The van der Waals surface area contributed by atoms with E-state index in [4.69, 9.17) is 15.3 Å². The first-order chi connectivity index (χ1) is 15.6. The summed E-state index contributed by atoms with van der Waals surface area (Å²) >= 11 is 0. The fourth-order valence-corrected chi connectivity index (χ4v) is 3.59. The van der Waals surface area contributed by atoms with Crippen LogP contribution in [0.15, 0.2) is 73.6 Å². The molecule has 1 aliphatic rings. The lowest BCUT2D eigenvalue weighted by molar-refractivity contribution is -0.104. The molecule has 1 aromatic heterocycles. The SMILES string of the molecule is C=CC=O.CN1CCCC(Nc2ncnc(N)c2-c2ccc(Oc3ccccc3)cc2)C1. The molecule has 4 rings (SSSR count). The van der Waals surface area contributed by atoms with Crippen LogP contribution in [0.5, 0.6) is 11.5 Å². The lowest BCUT2D eigenvalue weighted by atomic mass is 10.0. The lowest BCUT2D eigenvalue weighted by Crippen LogP contribution is -2.40. The number of nitrogens with zero attached hydrogens (tertiary/aromatic N) is 3. The van der Waals surface area contributed by atoms with Gasteiger partial charge >= 0.3 is 0 Å². The third-order valence-electron chi connectivity index (χ3n) is 5.06. The molecular formula is C25H29N5O2. The molecule has 3 N–H and O–H groups in total. The van der Waals surface area contributed by atoms with Gasteiger partial charge < -0.3 is 20.7 Å². The zero-order chi connectivity index (χ0) is 22.8. The second kappa shape index (κ2) is 11.6. The van der Waals surface area contributed by atoms with Gasteiger partial charge in [-0.25, -0.2) is 9.97 Å². The van der Waals surface area contributed by atoms with Crippen molar-refractivity contribution < 1.29 is 9.53 Å². The van der Waals surface area contributed by atoms with Gasteiger partial charge in [0.05, 0.1) is 5.56 Å². The fourth-order valence-electron chi connectivity index (χ4n) is 3.59. The summed E-state index contributed by atoms with van der Waals surface area (Å²) < 4.78 is 5.88. The smallest absolute Gasteiger partial charge is 0.142 e. The number of hydrogen-bond acceptors (Lipinski definition) is 7. The molecule has 0 aliphatic carbocycles. The molecule has 7 nitrogen and oxygen atoms in total. The third kappa shape index (κ3) is 6.39. The Hall–Kier alpha value is -3.71. The second-order valence-electron chi connectivity index (χ2n) is 7.54. The molecule has 166 valence electrons. The molecule has 3 aromatic rings. The highest BCUT2D eigenvalue weighted by atomic mass is 16.5. The number of carbonyl (C=O) groups excluding carboxylic acids is 1. The Bertz CT molecular complexity index is 1000. The van der Waals surface area contributed by atoms with Crippen LogP contribution in [-0.4, -0.2) is 47.3 Å². The minimum absolute atomic E-state index is 0.354. The van der Waals surface area contributed by atoms with E-state index in [0.717, 1.165) is 48.0 Å². The number of benzene rings is 2. The van der Waals surface area contributed by atoms with E-state index in [1.54, 1.807) is 0 Å². The Kier molecular flexibility index (Phi) is 8.34. The van der Waals surface area contributed by atoms with Gasteiger partial charge in [0.2, 0.25) is 0 Å². The highest BCUT2D eigenvalue weighted by Gasteiger charge is 2.20. The molecule has 0 spiro atoms. The molecule has 0 bridgehead atoms. The average Bonchev–Trinajstić information content (AvgIpc) is 2.81. The van der Waals surface area contributed by atoms with Crippen LogP contribution >= 0.6 is 0 Å². The predicted octanol–water partition coefficient (Wildman–Crippen LogP) is 4.40. The van der Waals surface area contributed by atoms with E-state index >= 15 is 0 Å². The number of likely N-dealkylation sites (tertiary alicyclic amines) is 1. The van der Waals surface area contributed by atoms with Crippen molar-refractivity contribution in [1.29, 1.82) is 0 Å². The average molecular weight is 432 g/mol. The highest BCUT2D eigenvalue weighted by Crippen LogP contribution is 2.33. The number of ether oxygens (including phenoxy) is 1. The van der Waals surface area contributed by atoms with Crippen molar-refractivity contribution in [2.45, 2.75) is 18.9 Å². The van der Waals surface area contributed by atoms with Gasteiger partial charge in [-0.2, -0.15) is 0 Å².